The monoisotopic (exact) mass is 372 g/mol. The maximum atomic E-state index is 12.4. The molecular weight excluding hydrogens is 348 g/mol. The van der Waals surface area contributed by atoms with Crippen molar-refractivity contribution in [2.45, 2.75) is 32.7 Å². The van der Waals surface area contributed by atoms with Crippen LogP contribution in [-0.4, -0.2) is 30.5 Å². The number of piperidine rings is 1. The molecule has 2 aromatic carbocycles. The average Bonchev–Trinajstić information content (AvgIpc) is 2.66. The van der Waals surface area contributed by atoms with Crippen molar-refractivity contribution < 1.29 is 9.53 Å². The number of hydrogen-bond acceptors (Lipinski definition) is 3. The highest BCUT2D eigenvalue weighted by Crippen LogP contribution is 2.26. The third-order valence-electron chi connectivity index (χ3n) is 4.56. The van der Waals surface area contributed by atoms with Crippen molar-refractivity contribution in [1.82, 2.24) is 4.90 Å². The van der Waals surface area contributed by atoms with E-state index in [0.29, 0.717) is 22.9 Å². The van der Waals surface area contributed by atoms with Crippen LogP contribution in [0.2, 0.25) is 5.02 Å². The first-order chi connectivity index (χ1) is 12.7. The Balaban J connectivity index is 1.59. The van der Waals surface area contributed by atoms with Crippen molar-refractivity contribution in [1.29, 1.82) is 0 Å². The molecule has 0 aromatic heterocycles. The van der Waals surface area contributed by atoms with Gasteiger partial charge < -0.3 is 10.1 Å². The van der Waals surface area contributed by atoms with Crippen LogP contribution in [0, 0.1) is 0 Å². The van der Waals surface area contributed by atoms with Gasteiger partial charge >= 0.3 is 0 Å². The summed E-state index contributed by atoms with van der Waals surface area (Å²) < 4.78 is 5.40. The number of halogens is 1. The molecule has 0 saturated carbocycles. The second-order valence-electron chi connectivity index (χ2n) is 6.57. The molecule has 1 N–H and O–H groups in total. The zero-order valence-electron chi connectivity index (χ0n) is 15.1. The Hall–Kier alpha value is -2.04. The molecule has 2 aromatic rings. The van der Waals surface area contributed by atoms with Crippen LogP contribution in [0.25, 0.3) is 0 Å². The summed E-state index contributed by atoms with van der Waals surface area (Å²) >= 11 is 6.16. The molecule has 0 radical (unpaired) electrons. The molecular formula is C21H25ClN2O2. The SMILES string of the molecule is CCOc1ccc(C(=O)Nc2ccc(CN3CCCCC3)cc2)cc1Cl. The van der Waals surface area contributed by atoms with Crippen LogP contribution in [0.5, 0.6) is 5.75 Å². The lowest BCUT2D eigenvalue weighted by molar-refractivity contribution is 0.102. The van der Waals surface area contributed by atoms with Crippen LogP contribution in [0.1, 0.15) is 42.1 Å². The van der Waals surface area contributed by atoms with Gasteiger partial charge in [-0.1, -0.05) is 30.2 Å². The number of anilines is 1. The number of benzene rings is 2. The summed E-state index contributed by atoms with van der Waals surface area (Å²) in [6.07, 6.45) is 3.93. The van der Waals surface area contributed by atoms with Gasteiger partial charge in [-0.15, -0.1) is 0 Å². The van der Waals surface area contributed by atoms with E-state index in [2.05, 4.69) is 22.3 Å². The lowest BCUT2D eigenvalue weighted by atomic mass is 10.1. The Morgan fingerprint density at radius 3 is 2.50 bits per heavy atom. The van der Waals surface area contributed by atoms with Crippen LogP contribution in [0.3, 0.4) is 0 Å². The van der Waals surface area contributed by atoms with Crippen molar-refractivity contribution in [3.63, 3.8) is 0 Å². The van der Waals surface area contributed by atoms with Gasteiger partial charge in [0, 0.05) is 17.8 Å². The topological polar surface area (TPSA) is 41.6 Å². The summed E-state index contributed by atoms with van der Waals surface area (Å²) in [5.41, 5.74) is 2.56. The van der Waals surface area contributed by atoms with E-state index in [1.165, 1.54) is 37.9 Å². The second-order valence-corrected chi connectivity index (χ2v) is 6.97. The van der Waals surface area contributed by atoms with E-state index >= 15 is 0 Å². The number of nitrogens with zero attached hydrogens (tertiary/aromatic N) is 1. The quantitative estimate of drug-likeness (QED) is 0.777. The largest absolute Gasteiger partial charge is 0.492 e. The maximum absolute atomic E-state index is 12.4. The third-order valence-corrected chi connectivity index (χ3v) is 4.86. The average molecular weight is 373 g/mol. The molecule has 0 bridgehead atoms. The number of rotatable bonds is 6. The fourth-order valence-corrected chi connectivity index (χ4v) is 3.42. The molecule has 0 atom stereocenters. The van der Waals surface area contributed by atoms with Gasteiger partial charge in [-0.3, -0.25) is 9.69 Å². The van der Waals surface area contributed by atoms with Gasteiger partial charge in [0.2, 0.25) is 0 Å². The number of carbonyl (C=O) groups is 1. The molecule has 0 unspecified atom stereocenters. The Bertz CT molecular complexity index is 740. The normalized spacial score (nSPS) is 14.8. The molecule has 1 aliphatic heterocycles. The van der Waals surface area contributed by atoms with Crippen molar-refractivity contribution in [2.24, 2.45) is 0 Å². The van der Waals surface area contributed by atoms with E-state index in [9.17, 15) is 4.79 Å². The van der Waals surface area contributed by atoms with Crippen molar-refractivity contribution >= 4 is 23.2 Å². The second kappa shape index (κ2) is 9.06. The molecule has 1 saturated heterocycles. The predicted octanol–water partition coefficient (Wildman–Crippen LogP) is 4.98. The van der Waals surface area contributed by atoms with Gasteiger partial charge in [-0.25, -0.2) is 0 Å². The van der Waals surface area contributed by atoms with Gasteiger partial charge in [0.05, 0.1) is 11.6 Å². The summed E-state index contributed by atoms with van der Waals surface area (Å²) in [6, 6.07) is 13.1. The Morgan fingerprint density at radius 1 is 1.12 bits per heavy atom. The first-order valence-corrected chi connectivity index (χ1v) is 9.58. The van der Waals surface area contributed by atoms with Gasteiger partial charge in [-0.05, 0) is 68.8 Å². The van der Waals surface area contributed by atoms with E-state index in [1.807, 2.05) is 19.1 Å². The summed E-state index contributed by atoms with van der Waals surface area (Å²) in [7, 11) is 0. The molecule has 4 nitrogen and oxygen atoms in total. The van der Waals surface area contributed by atoms with Crippen molar-refractivity contribution in [2.75, 3.05) is 25.0 Å². The highest BCUT2D eigenvalue weighted by Gasteiger charge is 2.12. The van der Waals surface area contributed by atoms with E-state index in [4.69, 9.17) is 16.3 Å². The highest BCUT2D eigenvalue weighted by molar-refractivity contribution is 6.32. The fraction of sp³-hybridized carbons (Fsp3) is 0.381. The minimum absolute atomic E-state index is 0.182. The van der Waals surface area contributed by atoms with E-state index in [1.54, 1.807) is 18.2 Å². The molecule has 0 spiro atoms. The van der Waals surface area contributed by atoms with Gasteiger partial charge in [0.25, 0.3) is 5.91 Å². The molecule has 5 heteroatoms. The zero-order valence-corrected chi connectivity index (χ0v) is 15.9. The van der Waals surface area contributed by atoms with Gasteiger partial charge in [0.15, 0.2) is 0 Å². The number of carbonyl (C=O) groups excluding carboxylic acids is 1. The molecule has 0 aliphatic carbocycles. The van der Waals surface area contributed by atoms with E-state index in [0.717, 1.165) is 12.2 Å². The lowest BCUT2D eigenvalue weighted by Gasteiger charge is -2.26. The molecule has 1 amide bonds. The van der Waals surface area contributed by atoms with Crippen LogP contribution < -0.4 is 10.1 Å². The van der Waals surface area contributed by atoms with E-state index < -0.39 is 0 Å². The minimum atomic E-state index is -0.182. The molecule has 26 heavy (non-hydrogen) atoms. The Labute approximate surface area is 160 Å². The van der Waals surface area contributed by atoms with Gasteiger partial charge in [0.1, 0.15) is 5.75 Å². The standard InChI is InChI=1S/C21H25ClN2O2/c1-2-26-20-11-8-17(14-19(20)22)21(25)23-18-9-6-16(7-10-18)15-24-12-4-3-5-13-24/h6-11,14H,2-5,12-13,15H2,1H3,(H,23,25). The molecule has 1 aliphatic rings. The summed E-state index contributed by atoms with van der Waals surface area (Å²) in [4.78, 5) is 14.9. The first kappa shape index (κ1) is 18.7. The smallest absolute Gasteiger partial charge is 0.255 e. The zero-order chi connectivity index (χ0) is 18.4. The molecule has 1 fully saturated rings. The first-order valence-electron chi connectivity index (χ1n) is 9.20. The predicted molar refractivity (Wildman–Crippen MR) is 106 cm³/mol. The van der Waals surface area contributed by atoms with Crippen LogP contribution in [0.4, 0.5) is 5.69 Å². The fourth-order valence-electron chi connectivity index (χ4n) is 3.19. The third kappa shape index (κ3) is 4.99. The molecule has 138 valence electrons. The Morgan fingerprint density at radius 2 is 1.85 bits per heavy atom. The number of likely N-dealkylation sites (tertiary alicyclic amines) is 1. The number of nitrogens with one attached hydrogen (secondary N) is 1. The number of amides is 1. The molecule has 3 rings (SSSR count). The number of hydrogen-bond donors (Lipinski definition) is 1. The summed E-state index contributed by atoms with van der Waals surface area (Å²) in [6.45, 7) is 5.76. The Kier molecular flexibility index (Phi) is 6.53. The van der Waals surface area contributed by atoms with E-state index in [-0.39, 0.29) is 5.91 Å². The maximum Gasteiger partial charge on any atom is 0.255 e. The highest BCUT2D eigenvalue weighted by atomic mass is 35.5. The summed E-state index contributed by atoms with van der Waals surface area (Å²) in [5.74, 6) is 0.409. The van der Waals surface area contributed by atoms with Crippen LogP contribution >= 0.6 is 11.6 Å². The number of ether oxygens (including phenoxy) is 1. The summed E-state index contributed by atoms with van der Waals surface area (Å²) in [5, 5.41) is 3.36. The minimum Gasteiger partial charge on any atom is -0.492 e. The van der Waals surface area contributed by atoms with Crippen LogP contribution in [0.15, 0.2) is 42.5 Å². The van der Waals surface area contributed by atoms with Crippen molar-refractivity contribution in [3.8, 4) is 5.75 Å². The van der Waals surface area contributed by atoms with Crippen LogP contribution in [-0.2, 0) is 6.54 Å². The lowest BCUT2D eigenvalue weighted by Crippen LogP contribution is -2.29. The molecule has 1 heterocycles. The van der Waals surface area contributed by atoms with Crippen molar-refractivity contribution in [3.05, 3.63) is 58.6 Å². The van der Waals surface area contributed by atoms with Gasteiger partial charge in [-0.2, -0.15) is 0 Å².